The summed E-state index contributed by atoms with van der Waals surface area (Å²) in [6, 6.07) is 6.38. The molecule has 0 aliphatic rings. The standard InChI is InChI=1S/C18H25NO2/c1-7-12(4)21-15-8-9-17-16(10-15)18(14(6)20)13(5)19(17)11(2)3/h8-12H,7H2,1-6H3. The number of hydrogen-bond acceptors (Lipinski definition) is 2. The Morgan fingerprint density at radius 2 is 1.95 bits per heavy atom. The molecule has 0 fully saturated rings. The van der Waals surface area contributed by atoms with Crippen molar-refractivity contribution in [2.45, 2.75) is 60.1 Å². The molecule has 0 bridgehead atoms. The number of rotatable bonds is 5. The number of carbonyl (C=O) groups is 1. The topological polar surface area (TPSA) is 31.2 Å². The Kier molecular flexibility index (Phi) is 4.40. The monoisotopic (exact) mass is 287 g/mol. The lowest BCUT2D eigenvalue weighted by Gasteiger charge is -2.14. The van der Waals surface area contributed by atoms with E-state index >= 15 is 0 Å². The van der Waals surface area contributed by atoms with Crippen molar-refractivity contribution in [2.75, 3.05) is 0 Å². The number of hydrogen-bond donors (Lipinski definition) is 0. The van der Waals surface area contributed by atoms with Gasteiger partial charge >= 0.3 is 0 Å². The lowest BCUT2D eigenvalue weighted by Crippen LogP contribution is -2.09. The molecule has 0 aliphatic carbocycles. The van der Waals surface area contributed by atoms with Crippen LogP contribution in [0.25, 0.3) is 10.9 Å². The molecule has 3 heteroatoms. The fourth-order valence-corrected chi connectivity index (χ4v) is 2.92. The number of fused-ring (bicyclic) bond motifs is 1. The van der Waals surface area contributed by atoms with Crippen molar-refractivity contribution < 1.29 is 9.53 Å². The van der Waals surface area contributed by atoms with Gasteiger partial charge in [-0.1, -0.05) is 6.92 Å². The van der Waals surface area contributed by atoms with Crippen LogP contribution >= 0.6 is 0 Å². The number of nitrogens with zero attached hydrogens (tertiary/aromatic N) is 1. The normalized spacial score (nSPS) is 12.9. The maximum atomic E-state index is 12.1. The van der Waals surface area contributed by atoms with Crippen LogP contribution in [0, 0.1) is 6.92 Å². The SMILES string of the molecule is CCC(C)Oc1ccc2c(c1)c(C(C)=O)c(C)n2C(C)C. The van der Waals surface area contributed by atoms with E-state index in [1.165, 1.54) is 0 Å². The van der Waals surface area contributed by atoms with Gasteiger partial charge in [-0.25, -0.2) is 0 Å². The number of ketones is 1. The average molecular weight is 287 g/mol. The van der Waals surface area contributed by atoms with Crippen molar-refractivity contribution in [3.8, 4) is 5.75 Å². The van der Waals surface area contributed by atoms with Crippen LogP contribution in [-0.4, -0.2) is 16.5 Å². The zero-order chi connectivity index (χ0) is 15.7. The molecule has 1 aromatic carbocycles. The lowest BCUT2D eigenvalue weighted by atomic mass is 10.1. The van der Waals surface area contributed by atoms with Gasteiger partial charge in [-0.05, 0) is 59.2 Å². The van der Waals surface area contributed by atoms with Gasteiger partial charge in [0.15, 0.2) is 5.78 Å². The van der Waals surface area contributed by atoms with Gasteiger partial charge in [0.2, 0.25) is 0 Å². The largest absolute Gasteiger partial charge is 0.491 e. The zero-order valence-corrected chi connectivity index (χ0v) is 13.9. The van der Waals surface area contributed by atoms with E-state index in [9.17, 15) is 4.79 Å². The summed E-state index contributed by atoms with van der Waals surface area (Å²) < 4.78 is 8.12. The summed E-state index contributed by atoms with van der Waals surface area (Å²) in [5.41, 5.74) is 2.95. The Balaban J connectivity index is 2.65. The van der Waals surface area contributed by atoms with Crippen molar-refractivity contribution in [1.29, 1.82) is 0 Å². The molecule has 1 aromatic heterocycles. The molecule has 1 heterocycles. The summed E-state index contributed by atoms with van der Waals surface area (Å²) in [5, 5.41) is 0.995. The van der Waals surface area contributed by atoms with Gasteiger partial charge < -0.3 is 9.30 Å². The van der Waals surface area contributed by atoms with Crippen LogP contribution in [0.2, 0.25) is 0 Å². The first-order valence-electron chi connectivity index (χ1n) is 7.68. The van der Waals surface area contributed by atoms with Gasteiger partial charge in [0.05, 0.1) is 6.10 Å². The third-order valence-corrected chi connectivity index (χ3v) is 4.00. The van der Waals surface area contributed by atoms with Crippen LogP contribution in [0.15, 0.2) is 18.2 Å². The van der Waals surface area contributed by atoms with Crippen molar-refractivity contribution in [3.05, 3.63) is 29.5 Å². The highest BCUT2D eigenvalue weighted by Crippen LogP contribution is 2.32. The molecule has 0 amide bonds. The van der Waals surface area contributed by atoms with E-state index in [1.807, 2.05) is 19.1 Å². The number of benzene rings is 1. The van der Waals surface area contributed by atoms with Crippen molar-refractivity contribution in [3.63, 3.8) is 0 Å². The van der Waals surface area contributed by atoms with E-state index in [0.717, 1.165) is 34.3 Å². The molecular weight excluding hydrogens is 262 g/mol. The van der Waals surface area contributed by atoms with Crippen molar-refractivity contribution >= 4 is 16.7 Å². The summed E-state index contributed by atoms with van der Waals surface area (Å²) in [4.78, 5) is 12.1. The number of carbonyl (C=O) groups excluding carboxylic acids is 1. The second-order valence-electron chi connectivity index (χ2n) is 6.00. The first kappa shape index (κ1) is 15.6. The minimum absolute atomic E-state index is 0.109. The summed E-state index contributed by atoms with van der Waals surface area (Å²) in [5.74, 6) is 0.942. The van der Waals surface area contributed by atoms with Crippen LogP contribution in [0.3, 0.4) is 0 Å². The van der Waals surface area contributed by atoms with Gasteiger partial charge in [-0.15, -0.1) is 0 Å². The predicted molar refractivity (Wildman–Crippen MR) is 87.4 cm³/mol. The van der Waals surface area contributed by atoms with Crippen LogP contribution < -0.4 is 4.74 Å². The molecule has 0 radical (unpaired) electrons. The molecule has 3 nitrogen and oxygen atoms in total. The molecule has 1 unspecified atom stereocenters. The minimum Gasteiger partial charge on any atom is -0.491 e. The Morgan fingerprint density at radius 1 is 1.29 bits per heavy atom. The fourth-order valence-electron chi connectivity index (χ4n) is 2.92. The predicted octanol–water partition coefficient (Wildman–Crippen LogP) is 4.91. The highest BCUT2D eigenvalue weighted by molar-refractivity contribution is 6.08. The lowest BCUT2D eigenvalue weighted by molar-refractivity contribution is 0.101. The molecule has 21 heavy (non-hydrogen) atoms. The molecule has 2 rings (SSSR count). The quantitative estimate of drug-likeness (QED) is 0.732. The van der Waals surface area contributed by atoms with Crippen molar-refractivity contribution in [2.24, 2.45) is 0 Å². The Bertz CT molecular complexity index is 667. The van der Waals surface area contributed by atoms with E-state index in [-0.39, 0.29) is 11.9 Å². The third kappa shape index (κ3) is 2.82. The van der Waals surface area contributed by atoms with Crippen LogP contribution in [-0.2, 0) is 0 Å². The van der Waals surface area contributed by atoms with Crippen LogP contribution in [0.1, 0.15) is 63.1 Å². The van der Waals surface area contributed by atoms with Gasteiger partial charge in [-0.2, -0.15) is 0 Å². The second kappa shape index (κ2) is 5.92. The summed E-state index contributed by atoms with van der Waals surface area (Å²) in [6.45, 7) is 12.1. The molecule has 0 aliphatic heterocycles. The number of Topliss-reactive ketones (excluding diaryl/α,β-unsaturated/α-hetero) is 1. The van der Waals surface area contributed by atoms with Gasteiger partial charge in [0.1, 0.15) is 5.75 Å². The Labute approximate surface area is 126 Å². The van der Waals surface area contributed by atoms with E-state index in [1.54, 1.807) is 6.92 Å². The second-order valence-corrected chi connectivity index (χ2v) is 6.00. The Morgan fingerprint density at radius 3 is 2.48 bits per heavy atom. The third-order valence-electron chi connectivity index (χ3n) is 4.00. The summed E-state index contributed by atoms with van der Waals surface area (Å²) >= 11 is 0. The van der Waals surface area contributed by atoms with Gasteiger partial charge in [-0.3, -0.25) is 4.79 Å². The maximum Gasteiger partial charge on any atom is 0.162 e. The molecular formula is C18H25NO2. The van der Waals surface area contributed by atoms with E-state index in [0.29, 0.717) is 6.04 Å². The molecule has 1 atom stereocenters. The number of aromatic nitrogens is 1. The highest BCUT2D eigenvalue weighted by atomic mass is 16.5. The molecule has 2 aromatic rings. The highest BCUT2D eigenvalue weighted by Gasteiger charge is 2.19. The first-order valence-corrected chi connectivity index (χ1v) is 7.68. The van der Waals surface area contributed by atoms with Gasteiger partial charge in [0, 0.05) is 28.2 Å². The fraction of sp³-hybridized carbons (Fsp3) is 0.500. The van der Waals surface area contributed by atoms with E-state index < -0.39 is 0 Å². The zero-order valence-electron chi connectivity index (χ0n) is 13.9. The first-order chi connectivity index (χ1) is 9.86. The van der Waals surface area contributed by atoms with E-state index in [2.05, 4.69) is 38.3 Å². The average Bonchev–Trinajstić information content (AvgIpc) is 2.69. The molecule has 0 saturated heterocycles. The van der Waals surface area contributed by atoms with Crippen LogP contribution in [0.5, 0.6) is 5.75 Å². The molecule has 114 valence electrons. The Hall–Kier alpha value is -1.77. The minimum atomic E-state index is 0.109. The number of ether oxygens (including phenoxy) is 1. The van der Waals surface area contributed by atoms with Crippen LogP contribution in [0.4, 0.5) is 0 Å². The maximum absolute atomic E-state index is 12.1. The summed E-state index contributed by atoms with van der Waals surface area (Å²) in [7, 11) is 0. The summed E-state index contributed by atoms with van der Waals surface area (Å²) in [6.07, 6.45) is 1.14. The molecule has 0 N–H and O–H groups in total. The smallest absolute Gasteiger partial charge is 0.162 e. The molecule has 0 spiro atoms. The van der Waals surface area contributed by atoms with E-state index in [4.69, 9.17) is 4.74 Å². The van der Waals surface area contributed by atoms with Crippen molar-refractivity contribution in [1.82, 2.24) is 4.57 Å². The van der Waals surface area contributed by atoms with Gasteiger partial charge in [0.25, 0.3) is 0 Å². The molecule has 0 saturated carbocycles.